The Bertz CT molecular complexity index is 829. The molecule has 2 aromatic carbocycles. The molecule has 0 saturated heterocycles. The molecule has 0 heterocycles. The fourth-order valence-corrected chi connectivity index (χ4v) is 3.20. The largest absolute Gasteiger partial charge is 0.493 e. The first kappa shape index (κ1) is 18.8. The van der Waals surface area contributed by atoms with Crippen molar-refractivity contribution in [3.63, 3.8) is 0 Å². The van der Waals surface area contributed by atoms with Crippen LogP contribution in [0.3, 0.4) is 0 Å². The highest BCUT2D eigenvalue weighted by atomic mass is 16.5. The molecule has 0 spiro atoms. The van der Waals surface area contributed by atoms with E-state index >= 15 is 0 Å². The zero-order valence-electron chi connectivity index (χ0n) is 15.4. The topological polar surface area (TPSA) is 90.6 Å². The normalized spacial score (nSPS) is 14.0. The maximum Gasteiger partial charge on any atom is 0.251 e. The average molecular weight is 368 g/mol. The van der Waals surface area contributed by atoms with E-state index in [4.69, 9.17) is 15.2 Å². The molecule has 3 rings (SSSR count). The number of carbonyl (C=O) groups excluding carboxylic acids is 2. The van der Waals surface area contributed by atoms with Gasteiger partial charge in [-0.05, 0) is 61.6 Å². The molecule has 0 unspecified atom stereocenters. The van der Waals surface area contributed by atoms with Gasteiger partial charge in [-0.2, -0.15) is 0 Å². The quantitative estimate of drug-likeness (QED) is 0.786. The third-order valence-corrected chi connectivity index (χ3v) is 4.69. The van der Waals surface area contributed by atoms with Gasteiger partial charge in [-0.25, -0.2) is 0 Å². The number of hydrogen-bond donors (Lipinski definition) is 2. The smallest absolute Gasteiger partial charge is 0.251 e. The van der Waals surface area contributed by atoms with Gasteiger partial charge in [0.1, 0.15) is 0 Å². The fourth-order valence-electron chi connectivity index (χ4n) is 3.20. The molecule has 0 atom stereocenters. The zero-order valence-corrected chi connectivity index (χ0v) is 15.4. The minimum absolute atomic E-state index is 0.252. The highest BCUT2D eigenvalue weighted by Crippen LogP contribution is 2.32. The van der Waals surface area contributed by atoms with E-state index in [2.05, 4.69) is 5.32 Å². The van der Waals surface area contributed by atoms with Crippen molar-refractivity contribution in [1.82, 2.24) is 5.32 Å². The lowest BCUT2D eigenvalue weighted by atomic mass is 10.1. The van der Waals surface area contributed by atoms with Crippen molar-refractivity contribution in [2.75, 3.05) is 7.11 Å². The second-order valence-corrected chi connectivity index (χ2v) is 6.64. The van der Waals surface area contributed by atoms with Crippen LogP contribution < -0.4 is 20.5 Å². The van der Waals surface area contributed by atoms with Crippen LogP contribution in [-0.4, -0.2) is 25.0 Å². The SMILES string of the molecule is COc1cc(CNC(=O)c2cccc(C(N)=O)c2)ccc1OC1CCCC1. The summed E-state index contributed by atoms with van der Waals surface area (Å²) >= 11 is 0. The van der Waals surface area contributed by atoms with Gasteiger partial charge in [0.25, 0.3) is 5.91 Å². The van der Waals surface area contributed by atoms with Crippen LogP contribution >= 0.6 is 0 Å². The molecule has 0 radical (unpaired) electrons. The Kier molecular flexibility index (Phi) is 5.96. The third-order valence-electron chi connectivity index (χ3n) is 4.69. The number of primary amides is 1. The van der Waals surface area contributed by atoms with E-state index in [9.17, 15) is 9.59 Å². The number of ether oxygens (including phenoxy) is 2. The maximum atomic E-state index is 12.3. The summed E-state index contributed by atoms with van der Waals surface area (Å²) < 4.78 is 11.5. The summed E-state index contributed by atoms with van der Waals surface area (Å²) in [6.45, 7) is 0.333. The fraction of sp³-hybridized carbons (Fsp3) is 0.333. The lowest BCUT2D eigenvalue weighted by Gasteiger charge is -2.16. The summed E-state index contributed by atoms with van der Waals surface area (Å²) in [6.07, 6.45) is 4.81. The van der Waals surface area contributed by atoms with Gasteiger partial charge in [-0.15, -0.1) is 0 Å². The Morgan fingerprint density at radius 1 is 1.07 bits per heavy atom. The first-order chi connectivity index (χ1) is 13.1. The molecular weight excluding hydrogens is 344 g/mol. The van der Waals surface area contributed by atoms with Crippen molar-refractivity contribution in [1.29, 1.82) is 0 Å². The lowest BCUT2D eigenvalue weighted by molar-refractivity contribution is 0.0951. The van der Waals surface area contributed by atoms with E-state index in [1.165, 1.54) is 18.9 Å². The van der Waals surface area contributed by atoms with Gasteiger partial charge in [0.15, 0.2) is 11.5 Å². The molecule has 0 aromatic heterocycles. The highest BCUT2D eigenvalue weighted by Gasteiger charge is 2.18. The highest BCUT2D eigenvalue weighted by molar-refractivity contribution is 5.99. The van der Waals surface area contributed by atoms with Crippen molar-refractivity contribution in [2.45, 2.75) is 38.3 Å². The van der Waals surface area contributed by atoms with Crippen LogP contribution in [0.4, 0.5) is 0 Å². The van der Waals surface area contributed by atoms with Crippen LogP contribution in [0.2, 0.25) is 0 Å². The van der Waals surface area contributed by atoms with Crippen molar-refractivity contribution >= 4 is 11.8 Å². The minimum atomic E-state index is -0.563. The summed E-state index contributed by atoms with van der Waals surface area (Å²) in [5.41, 5.74) is 6.84. The molecule has 3 N–H and O–H groups in total. The lowest BCUT2D eigenvalue weighted by Crippen LogP contribution is -2.23. The Balaban J connectivity index is 1.64. The molecule has 6 nitrogen and oxygen atoms in total. The van der Waals surface area contributed by atoms with Gasteiger partial charge < -0.3 is 20.5 Å². The van der Waals surface area contributed by atoms with E-state index < -0.39 is 5.91 Å². The molecule has 142 valence electrons. The number of hydrogen-bond acceptors (Lipinski definition) is 4. The van der Waals surface area contributed by atoms with E-state index in [0.29, 0.717) is 23.4 Å². The molecule has 27 heavy (non-hydrogen) atoms. The Hall–Kier alpha value is -3.02. The predicted octanol–water partition coefficient (Wildman–Crippen LogP) is 3.05. The predicted molar refractivity (Wildman–Crippen MR) is 102 cm³/mol. The molecule has 1 saturated carbocycles. The number of methoxy groups -OCH3 is 1. The third kappa shape index (κ3) is 4.78. The van der Waals surface area contributed by atoms with Gasteiger partial charge in [-0.1, -0.05) is 12.1 Å². The summed E-state index contributed by atoms with van der Waals surface area (Å²) in [5.74, 6) is 0.550. The molecule has 6 heteroatoms. The van der Waals surface area contributed by atoms with E-state index in [0.717, 1.165) is 24.2 Å². The van der Waals surface area contributed by atoms with Gasteiger partial charge in [0, 0.05) is 17.7 Å². The Labute approximate surface area is 158 Å². The van der Waals surface area contributed by atoms with E-state index in [1.54, 1.807) is 25.3 Å². The average Bonchev–Trinajstić information content (AvgIpc) is 3.20. The first-order valence-electron chi connectivity index (χ1n) is 9.08. The van der Waals surface area contributed by atoms with E-state index in [-0.39, 0.29) is 12.0 Å². The minimum Gasteiger partial charge on any atom is -0.493 e. The summed E-state index contributed by atoms with van der Waals surface area (Å²) in [4.78, 5) is 23.6. The number of carbonyl (C=O) groups is 2. The maximum absolute atomic E-state index is 12.3. The van der Waals surface area contributed by atoms with Crippen LogP contribution in [0.25, 0.3) is 0 Å². The summed E-state index contributed by atoms with van der Waals surface area (Å²) in [5, 5.41) is 2.84. The number of nitrogens with two attached hydrogens (primary N) is 1. The van der Waals surface area contributed by atoms with Crippen molar-refractivity contribution in [2.24, 2.45) is 5.73 Å². The van der Waals surface area contributed by atoms with Gasteiger partial charge in [-0.3, -0.25) is 9.59 Å². The monoisotopic (exact) mass is 368 g/mol. The van der Waals surface area contributed by atoms with Crippen LogP contribution in [0, 0.1) is 0 Å². The van der Waals surface area contributed by atoms with Gasteiger partial charge in [0.2, 0.25) is 5.91 Å². The van der Waals surface area contributed by atoms with Crippen molar-refractivity contribution < 1.29 is 19.1 Å². The second-order valence-electron chi connectivity index (χ2n) is 6.64. The van der Waals surface area contributed by atoms with Gasteiger partial charge in [0.05, 0.1) is 13.2 Å². The van der Waals surface area contributed by atoms with Gasteiger partial charge >= 0.3 is 0 Å². The standard InChI is InChI=1S/C21H24N2O4/c1-26-19-11-14(9-10-18(19)27-17-7-2-3-8-17)13-23-21(25)16-6-4-5-15(12-16)20(22)24/h4-6,9-12,17H,2-3,7-8,13H2,1H3,(H2,22,24)(H,23,25). The number of benzene rings is 2. The molecule has 0 aliphatic heterocycles. The molecule has 0 bridgehead atoms. The zero-order chi connectivity index (χ0) is 19.2. The van der Waals surface area contributed by atoms with Crippen LogP contribution in [0.5, 0.6) is 11.5 Å². The van der Waals surface area contributed by atoms with Crippen LogP contribution in [0.15, 0.2) is 42.5 Å². The molecule has 1 aliphatic rings. The number of rotatable bonds is 7. The van der Waals surface area contributed by atoms with Crippen LogP contribution in [-0.2, 0) is 6.54 Å². The van der Waals surface area contributed by atoms with Crippen molar-refractivity contribution in [3.05, 3.63) is 59.2 Å². The van der Waals surface area contributed by atoms with Crippen LogP contribution in [0.1, 0.15) is 52.0 Å². The van der Waals surface area contributed by atoms with Crippen molar-refractivity contribution in [3.8, 4) is 11.5 Å². The first-order valence-corrected chi connectivity index (χ1v) is 9.08. The molecule has 1 aliphatic carbocycles. The summed E-state index contributed by atoms with van der Waals surface area (Å²) in [7, 11) is 1.61. The number of amides is 2. The Morgan fingerprint density at radius 2 is 1.81 bits per heavy atom. The molecule has 2 amide bonds. The molecule has 2 aromatic rings. The molecule has 1 fully saturated rings. The second kappa shape index (κ2) is 8.58. The molecular formula is C21H24N2O4. The number of nitrogens with one attached hydrogen (secondary N) is 1. The Morgan fingerprint density at radius 3 is 2.52 bits per heavy atom. The summed E-state index contributed by atoms with van der Waals surface area (Å²) in [6, 6.07) is 12.0. The van der Waals surface area contributed by atoms with E-state index in [1.807, 2.05) is 18.2 Å².